The van der Waals surface area contributed by atoms with E-state index in [9.17, 15) is 0 Å². The standard InChI is InChI=1S/C9H19P/c1-8-4-6-9(7-5-8)10(2)3/h8-9H,4-7H2,1-3H3. The molecular weight excluding hydrogens is 139 g/mol. The summed E-state index contributed by atoms with van der Waals surface area (Å²) in [7, 11) is 0.362. The van der Waals surface area contributed by atoms with Crippen LogP contribution in [0.2, 0.25) is 0 Å². The molecule has 60 valence electrons. The number of rotatable bonds is 1. The number of hydrogen-bond acceptors (Lipinski definition) is 0. The van der Waals surface area contributed by atoms with Crippen LogP contribution in [0, 0.1) is 5.92 Å². The molecule has 0 aromatic carbocycles. The summed E-state index contributed by atoms with van der Waals surface area (Å²) >= 11 is 0. The van der Waals surface area contributed by atoms with Crippen molar-refractivity contribution in [1.82, 2.24) is 0 Å². The summed E-state index contributed by atoms with van der Waals surface area (Å²) in [6, 6.07) is 0. The van der Waals surface area contributed by atoms with Crippen LogP contribution in [0.5, 0.6) is 0 Å². The molecule has 0 amide bonds. The van der Waals surface area contributed by atoms with Crippen molar-refractivity contribution in [3.05, 3.63) is 0 Å². The molecule has 0 nitrogen and oxygen atoms in total. The van der Waals surface area contributed by atoms with Crippen LogP contribution in [-0.2, 0) is 0 Å². The molecule has 1 aliphatic rings. The largest absolute Gasteiger partial charge is 0.110 e. The summed E-state index contributed by atoms with van der Waals surface area (Å²) in [6.07, 6.45) is 6.01. The van der Waals surface area contributed by atoms with Gasteiger partial charge in [-0.3, -0.25) is 0 Å². The van der Waals surface area contributed by atoms with E-state index in [1.54, 1.807) is 0 Å². The molecule has 0 aliphatic heterocycles. The zero-order valence-corrected chi connectivity index (χ0v) is 8.32. The van der Waals surface area contributed by atoms with Gasteiger partial charge in [0.2, 0.25) is 0 Å². The van der Waals surface area contributed by atoms with Crippen molar-refractivity contribution in [3.63, 3.8) is 0 Å². The monoisotopic (exact) mass is 158 g/mol. The van der Waals surface area contributed by atoms with Crippen molar-refractivity contribution in [2.45, 2.75) is 38.3 Å². The van der Waals surface area contributed by atoms with Crippen LogP contribution >= 0.6 is 7.92 Å². The average molecular weight is 158 g/mol. The predicted molar refractivity (Wildman–Crippen MR) is 50.2 cm³/mol. The van der Waals surface area contributed by atoms with Crippen molar-refractivity contribution in [3.8, 4) is 0 Å². The van der Waals surface area contributed by atoms with E-state index in [0.717, 1.165) is 11.6 Å². The average Bonchev–Trinajstić information content (AvgIpc) is 1.88. The van der Waals surface area contributed by atoms with Gasteiger partial charge in [0.1, 0.15) is 0 Å². The lowest BCUT2D eigenvalue weighted by molar-refractivity contribution is 0.391. The maximum Gasteiger partial charge on any atom is -0.0214 e. The van der Waals surface area contributed by atoms with Gasteiger partial charge in [-0.15, -0.1) is 7.92 Å². The summed E-state index contributed by atoms with van der Waals surface area (Å²) in [5.41, 5.74) is 1.10. The molecule has 10 heavy (non-hydrogen) atoms. The maximum atomic E-state index is 2.43. The molecule has 0 radical (unpaired) electrons. The predicted octanol–water partition coefficient (Wildman–Crippen LogP) is 3.31. The highest BCUT2D eigenvalue weighted by Crippen LogP contribution is 2.42. The summed E-state index contributed by atoms with van der Waals surface area (Å²) in [6.45, 7) is 7.25. The SMILES string of the molecule is CC1CCC(P(C)C)CC1. The van der Waals surface area contributed by atoms with Crippen molar-refractivity contribution in [1.29, 1.82) is 0 Å². The Hall–Kier alpha value is 0.430. The van der Waals surface area contributed by atoms with Crippen molar-refractivity contribution < 1.29 is 0 Å². The summed E-state index contributed by atoms with van der Waals surface area (Å²) < 4.78 is 0. The first-order valence-corrected chi connectivity index (χ1v) is 6.67. The van der Waals surface area contributed by atoms with Crippen molar-refractivity contribution >= 4 is 7.92 Å². The molecule has 0 aromatic heterocycles. The molecule has 0 atom stereocenters. The van der Waals surface area contributed by atoms with Gasteiger partial charge >= 0.3 is 0 Å². The summed E-state index contributed by atoms with van der Waals surface area (Å²) in [5, 5.41) is 0. The highest BCUT2D eigenvalue weighted by Gasteiger charge is 2.19. The zero-order valence-electron chi connectivity index (χ0n) is 7.43. The summed E-state index contributed by atoms with van der Waals surface area (Å²) in [5.74, 6) is 1.02. The smallest absolute Gasteiger partial charge is 0.0214 e. The molecule has 0 heterocycles. The third-order valence-corrected chi connectivity index (χ3v) is 4.69. The third kappa shape index (κ3) is 2.23. The van der Waals surface area contributed by atoms with E-state index in [1.807, 2.05) is 0 Å². The van der Waals surface area contributed by atoms with Gasteiger partial charge in [-0.25, -0.2) is 0 Å². The first-order valence-electron chi connectivity index (χ1n) is 4.36. The van der Waals surface area contributed by atoms with Crippen LogP contribution in [-0.4, -0.2) is 19.0 Å². The van der Waals surface area contributed by atoms with Gasteiger partial charge in [-0.2, -0.15) is 0 Å². The van der Waals surface area contributed by atoms with Crippen molar-refractivity contribution in [2.75, 3.05) is 13.3 Å². The Balaban J connectivity index is 2.26. The van der Waals surface area contributed by atoms with Gasteiger partial charge in [0.15, 0.2) is 0 Å². The Morgan fingerprint density at radius 3 is 1.90 bits per heavy atom. The van der Waals surface area contributed by atoms with E-state index < -0.39 is 0 Å². The molecule has 0 N–H and O–H groups in total. The third-order valence-electron chi connectivity index (χ3n) is 2.72. The Morgan fingerprint density at radius 1 is 1.00 bits per heavy atom. The van der Waals surface area contributed by atoms with Gasteiger partial charge in [0, 0.05) is 0 Å². The fourth-order valence-electron chi connectivity index (χ4n) is 1.76. The van der Waals surface area contributed by atoms with E-state index in [4.69, 9.17) is 0 Å². The van der Waals surface area contributed by atoms with E-state index in [2.05, 4.69) is 20.3 Å². The van der Waals surface area contributed by atoms with E-state index in [-0.39, 0.29) is 0 Å². The molecule has 0 aromatic rings. The van der Waals surface area contributed by atoms with Gasteiger partial charge in [0.25, 0.3) is 0 Å². The molecule has 0 unspecified atom stereocenters. The molecular formula is C9H19P. The first-order chi connectivity index (χ1) is 4.70. The normalized spacial score (nSPS) is 34.8. The van der Waals surface area contributed by atoms with Crippen LogP contribution in [0.3, 0.4) is 0 Å². The van der Waals surface area contributed by atoms with Gasteiger partial charge < -0.3 is 0 Å². The van der Waals surface area contributed by atoms with Crippen LogP contribution in [0.25, 0.3) is 0 Å². The fraction of sp³-hybridized carbons (Fsp3) is 1.00. The zero-order chi connectivity index (χ0) is 7.56. The quantitative estimate of drug-likeness (QED) is 0.513. The van der Waals surface area contributed by atoms with Crippen LogP contribution in [0.4, 0.5) is 0 Å². The molecule has 0 bridgehead atoms. The highest BCUT2D eigenvalue weighted by atomic mass is 31.1. The minimum Gasteiger partial charge on any atom is -0.110 e. The Bertz CT molecular complexity index is 90.9. The molecule has 0 spiro atoms. The Morgan fingerprint density at radius 2 is 1.50 bits per heavy atom. The Labute approximate surface area is 66.2 Å². The van der Waals surface area contributed by atoms with Crippen LogP contribution in [0.15, 0.2) is 0 Å². The topological polar surface area (TPSA) is 0 Å². The lowest BCUT2D eigenvalue weighted by atomic mass is 9.91. The van der Waals surface area contributed by atoms with E-state index in [1.165, 1.54) is 25.7 Å². The first kappa shape index (κ1) is 8.53. The van der Waals surface area contributed by atoms with Gasteiger partial charge in [-0.1, -0.05) is 19.8 Å². The summed E-state index contributed by atoms with van der Waals surface area (Å²) in [4.78, 5) is 0. The second kappa shape index (κ2) is 3.72. The van der Waals surface area contributed by atoms with Crippen LogP contribution in [0.1, 0.15) is 32.6 Å². The minimum absolute atomic E-state index is 0.362. The molecule has 1 rings (SSSR count). The molecule has 1 fully saturated rings. The highest BCUT2D eigenvalue weighted by molar-refractivity contribution is 7.56. The van der Waals surface area contributed by atoms with Gasteiger partial charge in [0.05, 0.1) is 0 Å². The Kier molecular flexibility index (Phi) is 3.17. The number of hydrogen-bond donors (Lipinski definition) is 0. The van der Waals surface area contributed by atoms with E-state index >= 15 is 0 Å². The van der Waals surface area contributed by atoms with E-state index in [0.29, 0.717) is 7.92 Å². The fourth-order valence-corrected chi connectivity index (χ4v) is 3.09. The maximum absolute atomic E-state index is 2.43. The van der Waals surface area contributed by atoms with Crippen LogP contribution < -0.4 is 0 Å². The lowest BCUT2D eigenvalue weighted by Gasteiger charge is -2.28. The van der Waals surface area contributed by atoms with Gasteiger partial charge in [-0.05, 0) is 37.7 Å². The van der Waals surface area contributed by atoms with Crippen molar-refractivity contribution in [2.24, 2.45) is 5.92 Å². The molecule has 0 saturated heterocycles. The second-order valence-corrected chi connectivity index (χ2v) is 6.53. The second-order valence-electron chi connectivity index (χ2n) is 3.88. The molecule has 1 aliphatic carbocycles. The minimum atomic E-state index is 0.362. The molecule has 1 heteroatoms. The lowest BCUT2D eigenvalue weighted by Crippen LogP contribution is -2.14. The molecule has 1 saturated carbocycles.